The lowest BCUT2D eigenvalue weighted by Gasteiger charge is -2.40. The van der Waals surface area contributed by atoms with Gasteiger partial charge in [-0.1, -0.05) is 36.4 Å². The number of para-hydroxylation sites is 1. The zero-order chi connectivity index (χ0) is 26.7. The number of β-amino-alcohol motifs (C(OH)–C–C–N with tert-alkyl or cyclic N) is 1. The van der Waals surface area contributed by atoms with Gasteiger partial charge in [-0.2, -0.15) is 0 Å². The third-order valence-electron chi connectivity index (χ3n) is 6.48. The lowest BCUT2D eigenvalue weighted by Crippen LogP contribution is -2.53. The predicted molar refractivity (Wildman–Crippen MR) is 140 cm³/mol. The molecule has 9 heteroatoms. The monoisotopic (exact) mass is 522 g/mol. The predicted octanol–water partition coefficient (Wildman–Crippen LogP) is 4.10. The van der Waals surface area contributed by atoms with Crippen LogP contribution in [0.25, 0.3) is 0 Å². The van der Waals surface area contributed by atoms with Gasteiger partial charge in [0, 0.05) is 24.1 Å². The number of methoxy groups -OCH3 is 1. The van der Waals surface area contributed by atoms with Crippen molar-refractivity contribution in [3.8, 4) is 11.5 Å². The number of aliphatic hydroxyl groups is 1. The number of hydrogen-bond donors (Lipinski definition) is 2. The Labute approximate surface area is 222 Å². The molecule has 202 valence electrons. The van der Waals surface area contributed by atoms with E-state index in [4.69, 9.17) is 18.9 Å². The van der Waals surface area contributed by atoms with Crippen molar-refractivity contribution in [2.75, 3.05) is 33.4 Å². The van der Waals surface area contributed by atoms with Gasteiger partial charge in [0.05, 0.1) is 64.5 Å². The van der Waals surface area contributed by atoms with Gasteiger partial charge in [0.2, 0.25) is 0 Å². The molecule has 1 amide bonds. The maximum absolute atomic E-state index is 11.6. The summed E-state index contributed by atoms with van der Waals surface area (Å²) >= 11 is 0. The minimum absolute atomic E-state index is 0.0244. The van der Waals surface area contributed by atoms with E-state index in [-0.39, 0.29) is 25.6 Å². The maximum Gasteiger partial charge on any atom is 0.407 e. The average molecular weight is 523 g/mol. The number of hydrogen-bond acceptors (Lipinski definition) is 7. The van der Waals surface area contributed by atoms with Crippen LogP contribution in [0.2, 0.25) is 0 Å². The average Bonchev–Trinajstić information content (AvgIpc) is 2.94. The van der Waals surface area contributed by atoms with Crippen molar-refractivity contribution < 1.29 is 34.0 Å². The number of likely N-dealkylation sites (tertiary alicyclic amines) is 1. The number of ether oxygens (including phenoxy) is 4. The topological polar surface area (TPSA) is 111 Å². The van der Waals surface area contributed by atoms with Crippen molar-refractivity contribution in [2.24, 2.45) is 0 Å². The molecule has 3 unspecified atom stereocenters. The molecule has 3 aromatic rings. The van der Waals surface area contributed by atoms with E-state index in [1.807, 2.05) is 66.7 Å². The summed E-state index contributed by atoms with van der Waals surface area (Å²) in [6.07, 6.45) is -0.0951. The lowest BCUT2D eigenvalue weighted by molar-refractivity contribution is -0.0667. The molecule has 2 aromatic carbocycles. The van der Waals surface area contributed by atoms with Crippen LogP contribution in [0, 0.1) is 0 Å². The fourth-order valence-electron chi connectivity index (χ4n) is 4.56. The van der Waals surface area contributed by atoms with Gasteiger partial charge in [-0.25, -0.2) is 4.79 Å². The molecule has 1 aliphatic rings. The number of piperidine rings is 1. The second-order valence-corrected chi connectivity index (χ2v) is 9.09. The van der Waals surface area contributed by atoms with Crippen LogP contribution in [0.15, 0.2) is 72.9 Å². The number of rotatable bonds is 12. The number of aromatic nitrogens is 1. The summed E-state index contributed by atoms with van der Waals surface area (Å²) in [6.45, 7) is 1.95. The molecule has 0 radical (unpaired) electrons. The second-order valence-electron chi connectivity index (χ2n) is 9.09. The highest BCUT2D eigenvalue weighted by atomic mass is 16.5. The van der Waals surface area contributed by atoms with Crippen LogP contribution in [0.4, 0.5) is 4.79 Å². The van der Waals surface area contributed by atoms with Crippen LogP contribution in [0.5, 0.6) is 11.5 Å². The van der Waals surface area contributed by atoms with Gasteiger partial charge in [-0.3, -0.25) is 4.98 Å². The van der Waals surface area contributed by atoms with E-state index in [1.165, 1.54) is 4.90 Å². The summed E-state index contributed by atoms with van der Waals surface area (Å²) in [4.78, 5) is 17.1. The fraction of sp³-hybridized carbons (Fsp3) is 0.379. The van der Waals surface area contributed by atoms with Crippen LogP contribution >= 0.6 is 0 Å². The molecule has 1 aromatic heterocycles. The second kappa shape index (κ2) is 13.8. The molecule has 2 N–H and O–H groups in total. The van der Waals surface area contributed by atoms with Gasteiger partial charge in [-0.05, 0) is 35.9 Å². The molecule has 38 heavy (non-hydrogen) atoms. The normalized spacial score (nSPS) is 19.2. The molecule has 0 saturated carbocycles. The summed E-state index contributed by atoms with van der Waals surface area (Å²) in [5.41, 5.74) is 2.61. The third-order valence-corrected chi connectivity index (χ3v) is 6.48. The lowest BCUT2D eigenvalue weighted by atomic mass is 9.84. The van der Waals surface area contributed by atoms with E-state index in [0.717, 1.165) is 29.0 Å². The summed E-state index contributed by atoms with van der Waals surface area (Å²) in [5, 5.41) is 20.4. The van der Waals surface area contributed by atoms with Crippen molar-refractivity contribution in [1.82, 2.24) is 9.88 Å². The standard InChI is InChI=1S/C29H34N2O7/c1-35-26-9-3-2-7-22(26)19-36-15-6-16-37-24-12-10-21(11-13-24)28-25(32)17-31(29(33)34)18-27(28)38-20-23-8-4-5-14-30-23/h2-5,7-14,25,27-28,32H,6,15-20H2,1H3,(H,33,34). The Balaban J connectivity index is 1.29. The van der Waals surface area contributed by atoms with Crippen LogP contribution < -0.4 is 9.47 Å². The Bertz CT molecular complexity index is 1140. The summed E-state index contributed by atoms with van der Waals surface area (Å²) in [5.74, 6) is 1.14. The number of carboxylic acid groups (broad SMARTS) is 1. The first-order valence-corrected chi connectivity index (χ1v) is 12.6. The van der Waals surface area contributed by atoms with Crippen LogP contribution in [0.3, 0.4) is 0 Å². The molecule has 2 heterocycles. The van der Waals surface area contributed by atoms with Gasteiger partial charge in [0.1, 0.15) is 11.5 Å². The smallest absolute Gasteiger partial charge is 0.407 e. The number of carbonyl (C=O) groups is 1. The summed E-state index contributed by atoms with van der Waals surface area (Å²) < 4.78 is 23.0. The number of nitrogens with zero attached hydrogens (tertiary/aromatic N) is 2. The first-order chi connectivity index (χ1) is 18.5. The molecule has 1 aliphatic heterocycles. The van der Waals surface area contributed by atoms with E-state index in [9.17, 15) is 15.0 Å². The van der Waals surface area contributed by atoms with E-state index in [2.05, 4.69) is 4.98 Å². The first-order valence-electron chi connectivity index (χ1n) is 12.6. The SMILES string of the molecule is COc1ccccc1COCCCOc1ccc(C2C(O)CN(C(=O)O)CC2OCc2ccccn2)cc1. The first kappa shape index (κ1) is 27.4. The molecule has 4 rings (SSSR count). The van der Waals surface area contributed by atoms with Crippen molar-refractivity contribution in [3.63, 3.8) is 0 Å². The van der Waals surface area contributed by atoms with Crippen molar-refractivity contribution in [2.45, 2.75) is 37.8 Å². The van der Waals surface area contributed by atoms with E-state index in [1.54, 1.807) is 13.3 Å². The Kier molecular flexibility index (Phi) is 9.91. The van der Waals surface area contributed by atoms with E-state index < -0.39 is 18.3 Å². The Hall–Kier alpha value is -3.66. The zero-order valence-electron chi connectivity index (χ0n) is 21.4. The van der Waals surface area contributed by atoms with Crippen LogP contribution in [0.1, 0.15) is 29.2 Å². The molecule has 1 fully saturated rings. The molecule has 1 saturated heterocycles. The van der Waals surface area contributed by atoms with Crippen molar-refractivity contribution in [3.05, 3.63) is 89.7 Å². The quantitative estimate of drug-likeness (QED) is 0.342. The number of pyridine rings is 1. The Morgan fingerprint density at radius 3 is 2.53 bits per heavy atom. The molecular weight excluding hydrogens is 488 g/mol. The Morgan fingerprint density at radius 1 is 1.00 bits per heavy atom. The number of aliphatic hydroxyl groups excluding tert-OH is 1. The maximum atomic E-state index is 11.6. The van der Waals surface area contributed by atoms with Crippen molar-refractivity contribution >= 4 is 6.09 Å². The number of benzene rings is 2. The highest BCUT2D eigenvalue weighted by Gasteiger charge is 2.39. The molecule has 0 spiro atoms. The fourth-order valence-corrected chi connectivity index (χ4v) is 4.56. The summed E-state index contributed by atoms with van der Waals surface area (Å²) in [6, 6.07) is 20.8. The Morgan fingerprint density at radius 2 is 1.79 bits per heavy atom. The van der Waals surface area contributed by atoms with Gasteiger partial charge in [0.25, 0.3) is 0 Å². The van der Waals surface area contributed by atoms with Gasteiger partial charge in [0.15, 0.2) is 0 Å². The van der Waals surface area contributed by atoms with E-state index in [0.29, 0.717) is 25.6 Å². The van der Waals surface area contributed by atoms with Gasteiger partial charge >= 0.3 is 6.09 Å². The number of amides is 1. The van der Waals surface area contributed by atoms with Gasteiger partial charge in [-0.15, -0.1) is 0 Å². The molecule has 3 atom stereocenters. The largest absolute Gasteiger partial charge is 0.496 e. The van der Waals surface area contributed by atoms with Crippen molar-refractivity contribution in [1.29, 1.82) is 0 Å². The van der Waals surface area contributed by atoms with Crippen LogP contribution in [-0.4, -0.2) is 71.8 Å². The van der Waals surface area contributed by atoms with Gasteiger partial charge < -0.3 is 34.1 Å². The highest BCUT2D eigenvalue weighted by molar-refractivity contribution is 5.65. The van der Waals surface area contributed by atoms with Crippen LogP contribution in [-0.2, 0) is 22.7 Å². The molecular formula is C29H34N2O7. The highest BCUT2D eigenvalue weighted by Crippen LogP contribution is 2.32. The molecule has 0 bridgehead atoms. The minimum atomic E-state index is -1.08. The summed E-state index contributed by atoms with van der Waals surface area (Å²) in [7, 11) is 1.65. The molecule has 0 aliphatic carbocycles. The third kappa shape index (κ3) is 7.44. The molecule has 9 nitrogen and oxygen atoms in total. The zero-order valence-corrected chi connectivity index (χ0v) is 21.4. The van der Waals surface area contributed by atoms with E-state index >= 15 is 0 Å². The minimum Gasteiger partial charge on any atom is -0.496 e.